The van der Waals surface area contributed by atoms with Crippen molar-refractivity contribution in [2.45, 2.75) is 25.0 Å². The number of Topliss-reactive ketones (excluding diaryl/α,β-unsaturated/α-hetero) is 2. The molecular weight excluding hydrogens is 448 g/mol. The summed E-state index contributed by atoms with van der Waals surface area (Å²) in [5, 5.41) is 0. The lowest BCUT2D eigenvalue weighted by atomic mass is 10.00. The van der Waals surface area contributed by atoms with Crippen molar-refractivity contribution in [3.63, 3.8) is 0 Å². The summed E-state index contributed by atoms with van der Waals surface area (Å²) < 4.78 is 12.2. The van der Waals surface area contributed by atoms with Crippen molar-refractivity contribution >= 4 is 11.6 Å². The van der Waals surface area contributed by atoms with Crippen LogP contribution < -0.4 is 0 Å². The van der Waals surface area contributed by atoms with Gasteiger partial charge in [-0.3, -0.25) is 9.59 Å². The molecule has 0 bridgehead atoms. The van der Waals surface area contributed by atoms with Crippen LogP contribution in [0.2, 0.25) is 0 Å². The van der Waals surface area contributed by atoms with Gasteiger partial charge in [0.15, 0.2) is 11.6 Å². The minimum absolute atomic E-state index is 0.0596. The highest BCUT2D eigenvalue weighted by Crippen LogP contribution is 2.24. The third-order valence-electron chi connectivity index (χ3n) is 5.91. The van der Waals surface area contributed by atoms with Crippen molar-refractivity contribution in [2.75, 3.05) is 13.2 Å². The first-order valence-electron chi connectivity index (χ1n) is 12.3. The zero-order chi connectivity index (χ0) is 25.0. The van der Waals surface area contributed by atoms with E-state index in [1.165, 1.54) is 0 Å². The van der Waals surface area contributed by atoms with Gasteiger partial charge in [-0.2, -0.15) is 0 Å². The predicted molar refractivity (Wildman–Crippen MR) is 141 cm³/mol. The molecule has 4 rings (SSSR count). The Labute approximate surface area is 212 Å². The molecule has 4 aromatic carbocycles. The molecule has 4 heteroatoms. The fourth-order valence-electron chi connectivity index (χ4n) is 4.02. The zero-order valence-corrected chi connectivity index (χ0v) is 20.2. The fourth-order valence-corrected chi connectivity index (χ4v) is 4.02. The van der Waals surface area contributed by atoms with E-state index in [9.17, 15) is 9.59 Å². The number of unbranched alkanes of at least 4 members (excludes halogenated alkanes) is 1. The molecule has 0 N–H and O–H groups in total. The van der Waals surface area contributed by atoms with Crippen LogP contribution in [0, 0.1) is 0 Å². The van der Waals surface area contributed by atoms with E-state index in [1.807, 2.05) is 121 Å². The van der Waals surface area contributed by atoms with Crippen molar-refractivity contribution in [3.8, 4) is 0 Å². The maximum atomic E-state index is 13.1. The maximum absolute atomic E-state index is 13.1. The van der Waals surface area contributed by atoms with Crippen molar-refractivity contribution in [1.82, 2.24) is 0 Å². The van der Waals surface area contributed by atoms with E-state index in [2.05, 4.69) is 0 Å². The lowest BCUT2D eigenvalue weighted by Gasteiger charge is -2.19. The van der Waals surface area contributed by atoms with Crippen LogP contribution in [0.5, 0.6) is 0 Å². The third kappa shape index (κ3) is 6.85. The van der Waals surface area contributed by atoms with Gasteiger partial charge in [0, 0.05) is 24.3 Å². The first-order valence-corrected chi connectivity index (χ1v) is 12.3. The molecule has 4 nitrogen and oxygen atoms in total. The van der Waals surface area contributed by atoms with E-state index in [0.717, 1.165) is 11.1 Å². The Morgan fingerprint density at radius 2 is 0.778 bits per heavy atom. The van der Waals surface area contributed by atoms with E-state index in [0.29, 0.717) is 37.2 Å². The Kier molecular flexibility index (Phi) is 9.32. The average Bonchev–Trinajstić information content (AvgIpc) is 2.96. The number of carbonyl (C=O) groups excluding carboxylic acids is 2. The van der Waals surface area contributed by atoms with Gasteiger partial charge in [0.1, 0.15) is 12.2 Å². The van der Waals surface area contributed by atoms with Gasteiger partial charge in [-0.25, -0.2) is 0 Å². The minimum atomic E-state index is -0.661. The Balaban J connectivity index is 1.33. The largest absolute Gasteiger partial charge is 0.365 e. The molecule has 4 aromatic rings. The second-order valence-electron chi connectivity index (χ2n) is 8.49. The molecule has 0 aliphatic heterocycles. The topological polar surface area (TPSA) is 52.6 Å². The Morgan fingerprint density at radius 3 is 1.11 bits per heavy atom. The molecule has 0 aromatic heterocycles. The lowest BCUT2D eigenvalue weighted by Crippen LogP contribution is -2.18. The van der Waals surface area contributed by atoms with Crippen LogP contribution in [0.1, 0.15) is 56.9 Å². The highest BCUT2D eigenvalue weighted by atomic mass is 16.5. The molecule has 0 saturated heterocycles. The average molecular weight is 479 g/mol. The summed E-state index contributed by atoms with van der Waals surface area (Å²) in [4.78, 5) is 26.3. The van der Waals surface area contributed by atoms with E-state index >= 15 is 0 Å². The Hall–Kier alpha value is -3.86. The normalized spacial score (nSPS) is 12.6. The molecule has 0 aliphatic carbocycles. The number of rotatable bonds is 13. The Bertz CT molecular complexity index is 1110. The molecule has 0 heterocycles. The quantitative estimate of drug-likeness (QED) is 0.153. The monoisotopic (exact) mass is 478 g/mol. The van der Waals surface area contributed by atoms with Crippen LogP contribution in [-0.4, -0.2) is 24.8 Å². The SMILES string of the molecule is O=C(c1ccccc1)C(OCCCCOC(C(=O)c1ccccc1)c1ccccc1)c1ccccc1. The first-order chi connectivity index (χ1) is 17.7. The van der Waals surface area contributed by atoms with Gasteiger partial charge in [0.2, 0.25) is 0 Å². The molecule has 2 atom stereocenters. The number of ketones is 2. The molecule has 2 unspecified atom stereocenters. The van der Waals surface area contributed by atoms with Gasteiger partial charge in [-0.05, 0) is 24.0 Å². The molecule has 0 aliphatic rings. The standard InChI is InChI=1S/C32H30O4/c33-29(25-15-5-1-6-16-25)31(27-19-9-3-10-20-27)35-23-13-14-24-36-32(28-21-11-4-12-22-28)30(34)26-17-7-2-8-18-26/h1-12,15-22,31-32H,13-14,23-24H2. The predicted octanol–water partition coefficient (Wildman–Crippen LogP) is 7.05. The highest BCUT2D eigenvalue weighted by molar-refractivity contribution is 6.00. The summed E-state index contributed by atoms with van der Waals surface area (Å²) in [7, 11) is 0. The van der Waals surface area contributed by atoms with Gasteiger partial charge < -0.3 is 9.47 Å². The van der Waals surface area contributed by atoms with Gasteiger partial charge in [0.25, 0.3) is 0 Å². The molecule has 0 fully saturated rings. The van der Waals surface area contributed by atoms with Crippen LogP contribution in [-0.2, 0) is 9.47 Å². The minimum Gasteiger partial charge on any atom is -0.365 e. The van der Waals surface area contributed by atoms with Crippen LogP contribution in [0.3, 0.4) is 0 Å². The van der Waals surface area contributed by atoms with Gasteiger partial charge in [-0.1, -0.05) is 121 Å². The molecule has 182 valence electrons. The van der Waals surface area contributed by atoms with Crippen molar-refractivity contribution < 1.29 is 19.1 Å². The number of hydrogen-bond acceptors (Lipinski definition) is 4. The Morgan fingerprint density at radius 1 is 0.472 bits per heavy atom. The van der Waals surface area contributed by atoms with Crippen molar-refractivity contribution in [3.05, 3.63) is 144 Å². The number of hydrogen-bond donors (Lipinski definition) is 0. The van der Waals surface area contributed by atoms with Crippen molar-refractivity contribution in [1.29, 1.82) is 0 Å². The number of benzene rings is 4. The summed E-state index contributed by atoms with van der Waals surface area (Å²) in [6, 6.07) is 37.5. The van der Waals surface area contributed by atoms with Crippen LogP contribution in [0.4, 0.5) is 0 Å². The molecule has 0 saturated carbocycles. The van der Waals surface area contributed by atoms with E-state index in [1.54, 1.807) is 0 Å². The summed E-state index contributed by atoms with van der Waals surface area (Å²) in [5.41, 5.74) is 2.92. The fraction of sp³-hybridized carbons (Fsp3) is 0.188. The number of ether oxygens (including phenoxy) is 2. The van der Waals surface area contributed by atoms with Gasteiger partial charge in [0.05, 0.1) is 0 Å². The molecule has 36 heavy (non-hydrogen) atoms. The third-order valence-corrected chi connectivity index (χ3v) is 5.91. The summed E-state index contributed by atoms with van der Waals surface area (Å²) >= 11 is 0. The van der Waals surface area contributed by atoms with Crippen LogP contribution in [0.15, 0.2) is 121 Å². The van der Waals surface area contributed by atoms with Crippen LogP contribution in [0.25, 0.3) is 0 Å². The summed E-state index contributed by atoms with van der Waals surface area (Å²) in [6.07, 6.45) is 0.0799. The van der Waals surface area contributed by atoms with Crippen LogP contribution >= 0.6 is 0 Å². The van der Waals surface area contributed by atoms with E-state index in [-0.39, 0.29) is 11.6 Å². The number of carbonyl (C=O) groups is 2. The van der Waals surface area contributed by atoms with E-state index in [4.69, 9.17) is 9.47 Å². The molecular formula is C32H30O4. The summed E-state index contributed by atoms with van der Waals surface area (Å²) in [6.45, 7) is 0.814. The smallest absolute Gasteiger partial charge is 0.196 e. The zero-order valence-electron chi connectivity index (χ0n) is 20.2. The van der Waals surface area contributed by atoms with Gasteiger partial charge >= 0.3 is 0 Å². The molecule has 0 radical (unpaired) electrons. The highest BCUT2D eigenvalue weighted by Gasteiger charge is 2.24. The first kappa shape index (κ1) is 25.2. The summed E-state index contributed by atoms with van der Waals surface area (Å²) in [5.74, 6) is -0.119. The van der Waals surface area contributed by atoms with E-state index < -0.39 is 12.2 Å². The van der Waals surface area contributed by atoms with Crippen molar-refractivity contribution in [2.24, 2.45) is 0 Å². The maximum Gasteiger partial charge on any atom is 0.196 e. The molecule has 0 amide bonds. The van der Waals surface area contributed by atoms with Gasteiger partial charge in [-0.15, -0.1) is 0 Å². The second kappa shape index (κ2) is 13.3. The lowest BCUT2D eigenvalue weighted by molar-refractivity contribution is 0.0264. The second-order valence-corrected chi connectivity index (χ2v) is 8.49. The molecule has 0 spiro atoms.